The van der Waals surface area contributed by atoms with Crippen molar-refractivity contribution in [3.05, 3.63) is 81.0 Å². The van der Waals surface area contributed by atoms with E-state index in [9.17, 15) is 18.8 Å². The largest absolute Gasteiger partial charge is 0.328 e. The van der Waals surface area contributed by atoms with Crippen molar-refractivity contribution < 1.29 is 9.18 Å². The molecule has 3 heterocycles. The van der Waals surface area contributed by atoms with E-state index in [0.29, 0.717) is 11.2 Å². The number of fused-ring (bicyclic) bond motifs is 1. The third-order valence-corrected chi connectivity index (χ3v) is 4.34. The molecule has 9 nitrogen and oxygen atoms in total. The number of aromatic nitrogens is 5. The molecule has 3 aromatic heterocycles. The van der Waals surface area contributed by atoms with Crippen LogP contribution < -0.4 is 16.6 Å². The van der Waals surface area contributed by atoms with Crippen LogP contribution in [-0.4, -0.2) is 30.2 Å². The van der Waals surface area contributed by atoms with Crippen molar-refractivity contribution in [1.29, 1.82) is 0 Å². The van der Waals surface area contributed by atoms with E-state index in [4.69, 9.17) is 0 Å². The fourth-order valence-electron chi connectivity index (χ4n) is 2.89. The van der Waals surface area contributed by atoms with E-state index >= 15 is 0 Å². The maximum absolute atomic E-state index is 13.0. The molecule has 29 heavy (non-hydrogen) atoms. The van der Waals surface area contributed by atoms with Crippen LogP contribution in [0.1, 0.15) is 17.3 Å². The zero-order chi connectivity index (χ0) is 20.5. The zero-order valence-electron chi connectivity index (χ0n) is 15.2. The van der Waals surface area contributed by atoms with E-state index in [0.717, 1.165) is 10.8 Å². The van der Waals surface area contributed by atoms with E-state index in [1.54, 1.807) is 19.2 Å². The van der Waals surface area contributed by atoms with Crippen molar-refractivity contribution in [2.75, 3.05) is 5.32 Å². The Bertz CT molecular complexity index is 1340. The minimum absolute atomic E-state index is 0.247. The highest BCUT2D eigenvalue weighted by molar-refractivity contribution is 6.05. The number of nitrogens with one attached hydrogen (secondary N) is 2. The highest BCUT2D eigenvalue weighted by Gasteiger charge is 2.12. The molecule has 0 aliphatic carbocycles. The molecule has 0 unspecified atom stereocenters. The van der Waals surface area contributed by atoms with Gasteiger partial charge in [0.15, 0.2) is 11.6 Å². The van der Waals surface area contributed by atoms with Crippen LogP contribution in [0.25, 0.3) is 16.7 Å². The normalized spacial score (nSPS) is 11.0. The highest BCUT2D eigenvalue weighted by atomic mass is 19.1. The molecule has 0 spiro atoms. The average Bonchev–Trinajstić information content (AvgIpc) is 3.16. The molecule has 0 saturated heterocycles. The van der Waals surface area contributed by atoms with Crippen LogP contribution in [0.3, 0.4) is 0 Å². The molecule has 0 saturated carbocycles. The number of carbonyl (C=O) groups excluding carboxylic acids is 1. The molecule has 1 amide bonds. The third-order valence-electron chi connectivity index (χ3n) is 4.34. The first-order chi connectivity index (χ1) is 14.0. The van der Waals surface area contributed by atoms with Crippen molar-refractivity contribution in [3.63, 3.8) is 0 Å². The fraction of sp³-hybridized carbons (Fsp3) is 0.105. The molecule has 0 radical (unpaired) electrons. The van der Waals surface area contributed by atoms with E-state index < -0.39 is 23.0 Å². The van der Waals surface area contributed by atoms with Crippen molar-refractivity contribution in [3.8, 4) is 5.82 Å². The molecule has 0 aliphatic rings. The second kappa shape index (κ2) is 7.15. The molecule has 0 atom stereocenters. The number of hydrogen-bond acceptors (Lipinski definition) is 5. The van der Waals surface area contributed by atoms with Gasteiger partial charge in [-0.2, -0.15) is 0 Å². The molecule has 4 rings (SSSR count). The van der Waals surface area contributed by atoms with E-state index in [1.165, 1.54) is 35.0 Å². The first kappa shape index (κ1) is 18.3. The van der Waals surface area contributed by atoms with Gasteiger partial charge in [-0.05, 0) is 37.3 Å². The number of H-pyrrole nitrogens is 1. The van der Waals surface area contributed by atoms with Crippen molar-refractivity contribution in [2.45, 2.75) is 13.5 Å². The van der Waals surface area contributed by atoms with Gasteiger partial charge < -0.3 is 10.3 Å². The molecule has 2 N–H and O–H groups in total. The summed E-state index contributed by atoms with van der Waals surface area (Å²) in [5.74, 6) is -0.280. The number of aromatic amines is 1. The molecule has 0 bridgehead atoms. The Labute approximate surface area is 162 Å². The summed E-state index contributed by atoms with van der Waals surface area (Å²) in [6.45, 7) is 1.95. The Morgan fingerprint density at radius 3 is 2.76 bits per heavy atom. The molecule has 0 aliphatic heterocycles. The number of hydrogen-bond donors (Lipinski definition) is 2. The van der Waals surface area contributed by atoms with Crippen LogP contribution in [0.4, 0.5) is 10.2 Å². The highest BCUT2D eigenvalue weighted by Crippen LogP contribution is 2.13. The number of anilines is 1. The lowest BCUT2D eigenvalue weighted by Crippen LogP contribution is -2.34. The van der Waals surface area contributed by atoms with Gasteiger partial charge in [0.05, 0.1) is 17.1 Å². The molecule has 4 aromatic rings. The predicted molar refractivity (Wildman–Crippen MR) is 104 cm³/mol. The van der Waals surface area contributed by atoms with Crippen LogP contribution in [0.15, 0.2) is 58.4 Å². The quantitative estimate of drug-likeness (QED) is 0.547. The van der Waals surface area contributed by atoms with Gasteiger partial charge in [0.1, 0.15) is 5.82 Å². The Balaban J connectivity index is 1.60. The van der Waals surface area contributed by atoms with Crippen LogP contribution in [0.5, 0.6) is 0 Å². The van der Waals surface area contributed by atoms with Gasteiger partial charge in [0, 0.05) is 24.4 Å². The molecule has 146 valence electrons. The zero-order valence-corrected chi connectivity index (χ0v) is 15.2. The van der Waals surface area contributed by atoms with Crippen molar-refractivity contribution in [2.24, 2.45) is 0 Å². The average molecular weight is 394 g/mol. The van der Waals surface area contributed by atoms with Gasteiger partial charge in [-0.25, -0.2) is 18.9 Å². The van der Waals surface area contributed by atoms with Crippen molar-refractivity contribution in [1.82, 2.24) is 24.3 Å². The number of carbonyl (C=O) groups is 1. The molecule has 0 fully saturated rings. The van der Waals surface area contributed by atoms with E-state index in [-0.39, 0.29) is 23.4 Å². The number of nitrogens with zero attached hydrogens (tertiary/aromatic N) is 4. The van der Waals surface area contributed by atoms with Crippen LogP contribution in [0, 0.1) is 5.82 Å². The Morgan fingerprint density at radius 1 is 1.21 bits per heavy atom. The predicted octanol–water partition coefficient (Wildman–Crippen LogP) is 1.68. The van der Waals surface area contributed by atoms with Gasteiger partial charge in [0.25, 0.3) is 11.5 Å². The summed E-state index contributed by atoms with van der Waals surface area (Å²) >= 11 is 0. The summed E-state index contributed by atoms with van der Waals surface area (Å²) < 4.78 is 15.4. The second-order valence-electron chi connectivity index (χ2n) is 6.17. The number of amides is 1. The summed E-state index contributed by atoms with van der Waals surface area (Å²) in [5, 5.41) is 7.12. The Hall–Kier alpha value is -4.08. The summed E-state index contributed by atoms with van der Waals surface area (Å²) in [6.07, 6.45) is 2.64. The first-order valence-corrected chi connectivity index (χ1v) is 8.72. The number of benzene rings is 1. The first-order valence-electron chi connectivity index (χ1n) is 8.72. The summed E-state index contributed by atoms with van der Waals surface area (Å²) in [5.41, 5.74) is -0.425. The van der Waals surface area contributed by atoms with Crippen LogP contribution in [0.2, 0.25) is 0 Å². The van der Waals surface area contributed by atoms with Gasteiger partial charge >= 0.3 is 5.69 Å². The molecular formula is C19H15FN6O3. The lowest BCUT2D eigenvalue weighted by Gasteiger charge is -2.06. The Kier molecular flexibility index (Phi) is 4.51. The van der Waals surface area contributed by atoms with E-state index in [1.807, 2.05) is 0 Å². The maximum Gasteiger partial charge on any atom is 0.328 e. The lowest BCUT2D eigenvalue weighted by atomic mass is 10.1. The van der Waals surface area contributed by atoms with Gasteiger partial charge in [-0.3, -0.25) is 14.2 Å². The van der Waals surface area contributed by atoms with E-state index in [2.05, 4.69) is 20.4 Å². The van der Waals surface area contributed by atoms with Gasteiger partial charge in [-0.1, -0.05) is 0 Å². The lowest BCUT2D eigenvalue weighted by molar-refractivity contribution is 0.102. The SMILES string of the molecule is CCn1c(=O)[nH]c2cc(C(=O)Nc3ccn(-c4ccc(F)cn4)n3)ccc2c1=O. The smallest absolute Gasteiger partial charge is 0.307 e. The molecule has 10 heteroatoms. The minimum atomic E-state index is -0.534. The summed E-state index contributed by atoms with van der Waals surface area (Å²) in [4.78, 5) is 43.4. The Morgan fingerprint density at radius 2 is 2.03 bits per heavy atom. The fourth-order valence-corrected chi connectivity index (χ4v) is 2.89. The summed E-state index contributed by atoms with van der Waals surface area (Å²) in [6, 6.07) is 8.70. The standard InChI is InChI=1S/C19H15FN6O3/c1-2-25-18(28)13-5-3-11(9-14(13)22-19(25)29)17(27)23-15-7-8-26(24-15)16-6-4-12(20)10-21-16/h3-10H,2H2,1H3,(H,22,29)(H,23,24,27). The minimum Gasteiger partial charge on any atom is -0.307 e. The number of rotatable bonds is 4. The monoisotopic (exact) mass is 394 g/mol. The van der Waals surface area contributed by atoms with Crippen LogP contribution in [-0.2, 0) is 6.54 Å². The molecule has 1 aromatic carbocycles. The number of pyridine rings is 1. The van der Waals surface area contributed by atoms with Gasteiger partial charge in [-0.15, -0.1) is 5.10 Å². The summed E-state index contributed by atoms with van der Waals surface area (Å²) in [7, 11) is 0. The third kappa shape index (κ3) is 3.43. The maximum atomic E-state index is 13.0. The second-order valence-corrected chi connectivity index (χ2v) is 6.17. The van der Waals surface area contributed by atoms with Gasteiger partial charge in [0.2, 0.25) is 0 Å². The number of halogens is 1. The van der Waals surface area contributed by atoms with Crippen molar-refractivity contribution >= 4 is 22.6 Å². The topological polar surface area (TPSA) is 115 Å². The van der Waals surface area contributed by atoms with Crippen LogP contribution >= 0.6 is 0 Å². The molecular weight excluding hydrogens is 379 g/mol.